The van der Waals surface area contributed by atoms with Gasteiger partial charge in [0, 0.05) is 13.1 Å². The van der Waals surface area contributed by atoms with Crippen LogP contribution in [0.3, 0.4) is 0 Å². The number of rotatable bonds is 3. The molecule has 0 aromatic carbocycles. The molecule has 2 heterocycles. The third-order valence-corrected chi connectivity index (χ3v) is 5.46. The summed E-state index contributed by atoms with van der Waals surface area (Å²) in [6.45, 7) is 11.1. The second-order valence-corrected chi connectivity index (χ2v) is 9.05. The van der Waals surface area contributed by atoms with Gasteiger partial charge in [0.05, 0.1) is 14.9 Å². The van der Waals surface area contributed by atoms with Gasteiger partial charge >= 0.3 is 16.5 Å². The molecule has 4 unspecified atom stereocenters. The van der Waals surface area contributed by atoms with Gasteiger partial charge in [0.1, 0.15) is 0 Å². The Balaban J connectivity index is 0.00000125. The predicted molar refractivity (Wildman–Crippen MR) is 107 cm³/mol. The maximum atomic E-state index is 8.60. The Morgan fingerprint density at radius 1 is 0.933 bits per heavy atom. The van der Waals surface area contributed by atoms with Crippen molar-refractivity contribution in [1.29, 1.82) is 0 Å². The van der Waals surface area contributed by atoms with Gasteiger partial charge in [0.25, 0.3) is 0 Å². The molecule has 0 amide bonds. The average Bonchev–Trinajstić information content (AvgIpc) is 2.63. The molecule has 2 aliphatic heterocycles. The molecule has 2 aliphatic rings. The molecule has 0 aliphatic carbocycles. The first-order chi connectivity index (χ1) is 13.6. The van der Waals surface area contributed by atoms with Gasteiger partial charge in [-0.3, -0.25) is 0 Å². The fourth-order valence-electron chi connectivity index (χ4n) is 3.76. The van der Waals surface area contributed by atoms with E-state index in [0.29, 0.717) is 24.2 Å². The van der Waals surface area contributed by atoms with Crippen molar-refractivity contribution in [3.63, 3.8) is 0 Å². The minimum absolute atomic E-state index is 0. The summed E-state index contributed by atoms with van der Waals surface area (Å²) in [7, 11) is -0.388. The third kappa shape index (κ3) is 15.3. The van der Waals surface area contributed by atoms with Crippen LogP contribution in [-0.2, 0) is 16.5 Å². The number of nitrogens with zero attached hydrogens (tertiary/aromatic N) is 5. The quantitative estimate of drug-likeness (QED) is 0.516. The minimum atomic E-state index is -4.69. The van der Waals surface area contributed by atoms with Crippen molar-refractivity contribution in [3.8, 4) is 0 Å². The van der Waals surface area contributed by atoms with Crippen LogP contribution in [0.4, 0.5) is 0 Å². The largest absolute Gasteiger partial charge is 3.00 e. The Morgan fingerprint density at radius 3 is 1.77 bits per heavy atom. The van der Waals surface area contributed by atoms with Crippen LogP contribution in [0.15, 0.2) is 0 Å². The maximum absolute atomic E-state index is 8.60. The van der Waals surface area contributed by atoms with Gasteiger partial charge in [-0.1, -0.05) is 46.0 Å². The Bertz CT molecular complexity index is 404. The Morgan fingerprint density at radius 2 is 1.37 bits per heavy atom. The van der Waals surface area contributed by atoms with E-state index in [1.807, 2.05) is 0 Å². The molecular weight excluding hydrogens is 456 g/mol. The number of likely N-dealkylation sites (N-methyl/N-ethyl adjacent to an activating group) is 1. The fourth-order valence-corrected chi connectivity index (χ4v) is 3.76. The van der Waals surface area contributed by atoms with Crippen LogP contribution in [0.1, 0.15) is 46.0 Å². The first-order valence-electron chi connectivity index (χ1n) is 10.6. The topological polar surface area (TPSA) is 138 Å². The van der Waals surface area contributed by atoms with Gasteiger partial charge in [0.2, 0.25) is 0 Å². The molecule has 181 valence electrons. The molecule has 1 radical (unpaired) electrons. The summed E-state index contributed by atoms with van der Waals surface area (Å²) in [4.78, 5) is 4.87. The van der Waals surface area contributed by atoms with E-state index >= 15 is 0 Å². The molecule has 0 spiro atoms. The summed E-state index contributed by atoms with van der Waals surface area (Å²) >= 11 is 0. The number of hydrogen-bond donors (Lipinski definition) is 1. The molecule has 30 heavy (non-hydrogen) atoms. The summed E-state index contributed by atoms with van der Waals surface area (Å²) in [6.07, 6.45) is 6.05. The van der Waals surface area contributed by atoms with Crippen molar-refractivity contribution < 1.29 is 45.4 Å². The number of piperidine rings is 1. The number of halogens is 1. The molecule has 0 aromatic rings. The first-order valence-corrected chi connectivity index (χ1v) is 11.9. The smallest absolute Gasteiger partial charge is 0.661 e. The van der Waals surface area contributed by atoms with Crippen LogP contribution >= 0.6 is 0 Å². The van der Waals surface area contributed by atoms with E-state index in [2.05, 4.69) is 37.7 Å². The minimum Gasteiger partial charge on any atom is -0.661 e. The second kappa shape index (κ2) is 16.1. The van der Waals surface area contributed by atoms with Crippen LogP contribution in [-0.4, -0.2) is 92.0 Å². The van der Waals surface area contributed by atoms with Crippen LogP contribution in [0.5, 0.6) is 0 Å². The van der Waals surface area contributed by atoms with E-state index in [4.69, 9.17) is 34.6 Å². The van der Waals surface area contributed by atoms with Gasteiger partial charge in [-0.05, 0) is 27.2 Å². The van der Waals surface area contributed by atoms with Crippen molar-refractivity contribution >= 4 is 0 Å². The predicted octanol–water partition coefficient (Wildman–Crippen LogP) is -0.663. The van der Waals surface area contributed by atoms with E-state index in [9.17, 15) is 0 Å². The van der Waals surface area contributed by atoms with Gasteiger partial charge in [-0.15, -0.1) is 13.1 Å². The zero-order chi connectivity index (χ0) is 21.9. The van der Waals surface area contributed by atoms with Crippen molar-refractivity contribution in [2.75, 3.05) is 53.4 Å². The molecule has 1 N–H and O–H groups in total. The zero-order valence-corrected chi connectivity index (χ0v) is 20.4. The third-order valence-electron chi connectivity index (χ3n) is 5.46. The van der Waals surface area contributed by atoms with E-state index in [0.717, 1.165) is 39.3 Å². The summed E-state index contributed by atoms with van der Waals surface area (Å²) in [5.74, 6) is 0. The molecule has 4 atom stereocenters. The van der Waals surface area contributed by atoms with Gasteiger partial charge in [-0.2, -0.15) is 38.1 Å². The zero-order valence-electron chi connectivity index (χ0n) is 18.7. The standard InChI is InChI=1S/C19H38N5.ClHO4.Ni/c1-16-18-8-5-9-19(22-18)17(2)21-11-7-13-24(12-6-10-20-16)15-14-23(3)4;2-1(3,4)5;/h16-19H,5-15H2,1-4H3;(H,2,3,4,5);/q-3;;+3. The molecule has 0 saturated carbocycles. The molecule has 2 fully saturated rings. The van der Waals surface area contributed by atoms with Gasteiger partial charge in [-0.25, -0.2) is 0 Å². The Hall–Kier alpha value is 0.424. The number of hydrogen-bond acceptors (Lipinski definition) is 6. The van der Waals surface area contributed by atoms with E-state index < -0.39 is 10.2 Å². The Labute approximate surface area is 194 Å². The van der Waals surface area contributed by atoms with Crippen molar-refractivity contribution in [2.24, 2.45) is 0 Å². The van der Waals surface area contributed by atoms with Crippen LogP contribution < -0.4 is 14.0 Å². The average molecular weight is 496 g/mol. The summed E-state index contributed by atoms with van der Waals surface area (Å²) in [5, 5.41) is 14.9. The summed E-state index contributed by atoms with van der Waals surface area (Å²) < 4.78 is 32.7. The fraction of sp³-hybridized carbons (Fsp3) is 1.00. The van der Waals surface area contributed by atoms with E-state index in [1.54, 1.807) is 0 Å². The van der Waals surface area contributed by atoms with Crippen molar-refractivity contribution in [2.45, 2.75) is 70.1 Å². The molecular formula is C19H39ClN5NiO4. The van der Waals surface area contributed by atoms with E-state index in [1.165, 1.54) is 32.1 Å². The van der Waals surface area contributed by atoms with Crippen LogP contribution in [0.2, 0.25) is 0 Å². The second-order valence-electron chi connectivity index (χ2n) is 8.26. The Kier molecular flexibility index (Phi) is 16.3. The molecule has 0 aromatic heterocycles. The molecule has 11 heteroatoms. The van der Waals surface area contributed by atoms with E-state index in [-0.39, 0.29) is 16.5 Å². The van der Waals surface area contributed by atoms with Crippen molar-refractivity contribution in [1.82, 2.24) is 9.80 Å². The van der Waals surface area contributed by atoms with Gasteiger partial charge in [0.15, 0.2) is 0 Å². The van der Waals surface area contributed by atoms with Gasteiger partial charge < -0.3 is 25.8 Å². The SMILES string of the molecule is CC1[N-]CCCN(CCN(C)C)CCC[N-]C(C)C2CCCC1[N-]2.[Ni+3].[O-][Cl+3]([O-])([O-])O. The van der Waals surface area contributed by atoms with Crippen molar-refractivity contribution in [3.05, 3.63) is 16.0 Å². The summed E-state index contributed by atoms with van der Waals surface area (Å²) in [6, 6.07) is 1.60. The van der Waals surface area contributed by atoms with Crippen LogP contribution in [0, 0.1) is 10.2 Å². The summed E-state index contributed by atoms with van der Waals surface area (Å²) in [5.41, 5.74) is 0. The number of fused-ring (bicyclic) bond motifs is 2. The molecule has 9 nitrogen and oxygen atoms in total. The molecule has 2 bridgehead atoms. The normalized spacial score (nSPS) is 29.9. The monoisotopic (exact) mass is 494 g/mol. The molecule has 2 rings (SSSR count). The first kappa shape index (κ1) is 30.4. The maximum Gasteiger partial charge on any atom is 3.00 e. The molecule has 2 saturated heterocycles. The van der Waals surface area contributed by atoms with Crippen LogP contribution in [0.25, 0.3) is 16.0 Å².